The maximum atomic E-state index is 12.7. The number of halogens is 1. The van der Waals surface area contributed by atoms with E-state index in [2.05, 4.69) is 5.32 Å². The fourth-order valence-corrected chi connectivity index (χ4v) is 2.45. The number of rotatable bonds is 3. The summed E-state index contributed by atoms with van der Waals surface area (Å²) in [6, 6.07) is 8.74. The molecule has 1 saturated heterocycles. The van der Waals surface area contributed by atoms with E-state index in [0.717, 1.165) is 5.56 Å². The van der Waals surface area contributed by atoms with Crippen LogP contribution in [0, 0.1) is 0 Å². The lowest BCUT2D eigenvalue weighted by Gasteiger charge is -2.43. The molecule has 1 aliphatic heterocycles. The van der Waals surface area contributed by atoms with E-state index in [0.29, 0.717) is 6.54 Å². The van der Waals surface area contributed by atoms with Gasteiger partial charge in [-0.25, -0.2) is 0 Å². The Morgan fingerprint density at radius 3 is 2.60 bits per heavy atom. The third-order valence-electron chi connectivity index (χ3n) is 3.65. The first kappa shape index (κ1) is 14.6. The van der Waals surface area contributed by atoms with E-state index in [9.17, 15) is 9.59 Å². The van der Waals surface area contributed by atoms with Crippen LogP contribution in [-0.4, -0.2) is 29.3 Å². The Balaban J connectivity index is 2.39. The molecule has 1 aromatic carbocycles. The molecule has 1 fully saturated rings. The largest absolute Gasteiger partial charge is 0.336 e. The zero-order chi connectivity index (χ0) is 14.8. The Bertz CT molecular complexity index is 544. The van der Waals surface area contributed by atoms with Gasteiger partial charge < -0.3 is 10.2 Å². The van der Waals surface area contributed by atoms with Crippen LogP contribution < -0.4 is 5.32 Å². The maximum Gasteiger partial charge on any atom is 0.253 e. The molecule has 0 aromatic heterocycles. The number of benzene rings is 1. The van der Waals surface area contributed by atoms with E-state index in [1.807, 2.05) is 30.3 Å². The summed E-state index contributed by atoms with van der Waals surface area (Å²) in [4.78, 5) is 26.4. The molecule has 0 saturated carbocycles. The highest BCUT2D eigenvalue weighted by Crippen LogP contribution is 2.28. The number of carbonyl (C=O) groups is 2. The summed E-state index contributed by atoms with van der Waals surface area (Å²) in [5, 5.41) is 2.83. The SMILES string of the molecule is CC1C(=O)NC(C)(c2ccccc2)C(=O)N1C/C=C/Cl. The first-order chi connectivity index (χ1) is 9.50. The summed E-state index contributed by atoms with van der Waals surface area (Å²) in [5.74, 6) is -0.301. The van der Waals surface area contributed by atoms with Gasteiger partial charge in [-0.05, 0) is 19.4 Å². The minimum absolute atomic E-state index is 0.134. The topological polar surface area (TPSA) is 49.4 Å². The van der Waals surface area contributed by atoms with Crippen LogP contribution in [-0.2, 0) is 15.1 Å². The average molecular weight is 293 g/mol. The smallest absolute Gasteiger partial charge is 0.253 e. The lowest BCUT2D eigenvalue weighted by atomic mass is 9.87. The van der Waals surface area contributed by atoms with Crippen molar-refractivity contribution >= 4 is 23.4 Å². The third-order valence-corrected chi connectivity index (χ3v) is 3.83. The van der Waals surface area contributed by atoms with Gasteiger partial charge in [-0.2, -0.15) is 0 Å². The molecule has 4 nitrogen and oxygen atoms in total. The Kier molecular flexibility index (Phi) is 4.14. The van der Waals surface area contributed by atoms with Gasteiger partial charge in [-0.15, -0.1) is 0 Å². The monoisotopic (exact) mass is 292 g/mol. The molecule has 2 amide bonds. The molecular weight excluding hydrogens is 276 g/mol. The Hall–Kier alpha value is -1.81. The molecular formula is C15H17ClN2O2. The zero-order valence-corrected chi connectivity index (χ0v) is 12.2. The van der Waals surface area contributed by atoms with Crippen LogP contribution in [0.2, 0.25) is 0 Å². The minimum Gasteiger partial charge on any atom is -0.336 e. The van der Waals surface area contributed by atoms with Crippen LogP contribution in [0.4, 0.5) is 0 Å². The molecule has 0 spiro atoms. The molecule has 1 aromatic rings. The predicted molar refractivity (Wildman–Crippen MR) is 78.1 cm³/mol. The quantitative estimate of drug-likeness (QED) is 0.926. The summed E-state index contributed by atoms with van der Waals surface area (Å²) < 4.78 is 0. The lowest BCUT2D eigenvalue weighted by Crippen LogP contribution is -2.66. The molecule has 2 unspecified atom stereocenters. The molecule has 1 aliphatic rings. The minimum atomic E-state index is -1.04. The van der Waals surface area contributed by atoms with E-state index in [-0.39, 0.29) is 11.8 Å². The van der Waals surface area contributed by atoms with Gasteiger partial charge in [0, 0.05) is 12.1 Å². The van der Waals surface area contributed by atoms with Crippen LogP contribution in [0.3, 0.4) is 0 Å². The lowest BCUT2D eigenvalue weighted by molar-refractivity contribution is -0.153. The van der Waals surface area contributed by atoms with Crippen LogP contribution in [0.15, 0.2) is 41.9 Å². The van der Waals surface area contributed by atoms with E-state index in [1.54, 1.807) is 19.9 Å². The predicted octanol–water partition coefficient (Wildman–Crippen LogP) is 2.00. The van der Waals surface area contributed by atoms with Crippen molar-refractivity contribution in [3.05, 3.63) is 47.5 Å². The first-order valence-corrected chi connectivity index (χ1v) is 6.88. The number of amides is 2. The molecule has 2 rings (SSSR count). The van der Waals surface area contributed by atoms with Crippen LogP contribution in [0.5, 0.6) is 0 Å². The average Bonchev–Trinajstić information content (AvgIpc) is 2.46. The van der Waals surface area contributed by atoms with Gasteiger partial charge in [0.25, 0.3) is 5.91 Å². The highest BCUT2D eigenvalue weighted by atomic mass is 35.5. The Labute approximate surface area is 123 Å². The van der Waals surface area contributed by atoms with Crippen molar-refractivity contribution in [2.24, 2.45) is 0 Å². The summed E-state index contributed by atoms with van der Waals surface area (Å²) in [6.45, 7) is 3.76. The third kappa shape index (κ3) is 2.43. The number of nitrogens with one attached hydrogen (secondary N) is 1. The Morgan fingerprint density at radius 1 is 1.35 bits per heavy atom. The van der Waals surface area contributed by atoms with Crippen molar-refractivity contribution in [2.45, 2.75) is 25.4 Å². The van der Waals surface area contributed by atoms with Gasteiger partial charge in [-0.1, -0.05) is 48.0 Å². The summed E-state index contributed by atoms with van der Waals surface area (Å²) in [5.41, 5.74) is 1.09. The van der Waals surface area contributed by atoms with E-state index in [4.69, 9.17) is 11.6 Å². The fraction of sp³-hybridized carbons (Fsp3) is 0.333. The van der Waals surface area contributed by atoms with Gasteiger partial charge in [0.15, 0.2) is 0 Å². The van der Waals surface area contributed by atoms with Gasteiger partial charge in [-0.3, -0.25) is 9.59 Å². The highest BCUT2D eigenvalue weighted by molar-refractivity contribution is 6.25. The number of piperazine rings is 1. The van der Waals surface area contributed by atoms with Crippen molar-refractivity contribution in [2.75, 3.05) is 6.54 Å². The van der Waals surface area contributed by atoms with Crippen molar-refractivity contribution in [1.29, 1.82) is 0 Å². The molecule has 0 radical (unpaired) electrons. The van der Waals surface area contributed by atoms with Gasteiger partial charge in [0.2, 0.25) is 5.91 Å². The standard InChI is InChI=1S/C15H17ClN2O2/c1-11-13(19)17-15(2,12-7-4-3-5-8-12)14(20)18(11)10-6-9-16/h3-9,11H,10H2,1-2H3,(H,17,19)/b9-6+. The fourth-order valence-electron chi connectivity index (χ4n) is 2.37. The first-order valence-electron chi connectivity index (χ1n) is 6.44. The number of hydrogen-bond acceptors (Lipinski definition) is 2. The van der Waals surface area contributed by atoms with Crippen molar-refractivity contribution < 1.29 is 9.59 Å². The second kappa shape index (κ2) is 5.67. The van der Waals surface area contributed by atoms with Crippen LogP contribution in [0.25, 0.3) is 0 Å². The molecule has 5 heteroatoms. The van der Waals surface area contributed by atoms with Crippen LogP contribution >= 0.6 is 11.6 Å². The summed E-state index contributed by atoms with van der Waals surface area (Å²) in [7, 11) is 0. The second-order valence-corrected chi connectivity index (χ2v) is 5.23. The molecule has 106 valence electrons. The van der Waals surface area contributed by atoms with Crippen molar-refractivity contribution in [3.63, 3.8) is 0 Å². The molecule has 2 atom stereocenters. The molecule has 1 heterocycles. The van der Waals surface area contributed by atoms with E-state index in [1.165, 1.54) is 10.4 Å². The Morgan fingerprint density at radius 2 is 2.00 bits per heavy atom. The van der Waals surface area contributed by atoms with E-state index >= 15 is 0 Å². The van der Waals surface area contributed by atoms with Crippen molar-refractivity contribution in [3.8, 4) is 0 Å². The highest BCUT2D eigenvalue weighted by Gasteiger charge is 2.47. The van der Waals surface area contributed by atoms with Gasteiger partial charge in [0.1, 0.15) is 11.6 Å². The molecule has 0 aliphatic carbocycles. The van der Waals surface area contributed by atoms with Gasteiger partial charge in [0.05, 0.1) is 0 Å². The number of hydrogen-bond donors (Lipinski definition) is 1. The second-order valence-electron chi connectivity index (χ2n) is 4.98. The maximum absolute atomic E-state index is 12.7. The summed E-state index contributed by atoms with van der Waals surface area (Å²) in [6.07, 6.45) is 1.65. The number of carbonyl (C=O) groups excluding carboxylic acids is 2. The normalized spacial score (nSPS) is 26.9. The van der Waals surface area contributed by atoms with Crippen molar-refractivity contribution in [1.82, 2.24) is 10.2 Å². The summed E-state index contributed by atoms with van der Waals surface area (Å²) >= 11 is 5.52. The van der Waals surface area contributed by atoms with Crippen LogP contribution in [0.1, 0.15) is 19.4 Å². The van der Waals surface area contributed by atoms with Gasteiger partial charge >= 0.3 is 0 Å². The number of nitrogens with zero attached hydrogens (tertiary/aromatic N) is 1. The van der Waals surface area contributed by atoms with E-state index < -0.39 is 11.6 Å². The molecule has 1 N–H and O–H groups in total. The molecule has 0 bridgehead atoms. The zero-order valence-electron chi connectivity index (χ0n) is 11.5. The molecule has 20 heavy (non-hydrogen) atoms.